The fourth-order valence-corrected chi connectivity index (χ4v) is 4.25. The van der Waals surface area contributed by atoms with E-state index >= 15 is 0 Å². The molecule has 2 aromatic heterocycles. The van der Waals surface area contributed by atoms with Crippen LogP contribution in [-0.2, 0) is 0 Å². The van der Waals surface area contributed by atoms with E-state index in [4.69, 9.17) is 0 Å². The number of carbonyl (C=O) groups is 2. The third-order valence-corrected chi connectivity index (χ3v) is 5.87. The van der Waals surface area contributed by atoms with Crippen molar-refractivity contribution in [3.63, 3.8) is 0 Å². The molecular weight excluding hydrogens is 395 g/mol. The monoisotopic (exact) mass is 414 g/mol. The molecule has 0 aliphatic carbocycles. The average Bonchev–Trinajstić information content (AvgIpc) is 3.15. The Labute approximate surface area is 170 Å². The van der Waals surface area contributed by atoms with Crippen molar-refractivity contribution in [3.8, 4) is 0 Å². The highest BCUT2D eigenvalue weighted by atomic mass is 32.2. The van der Waals surface area contributed by atoms with Gasteiger partial charge in [0, 0.05) is 17.5 Å². The second kappa shape index (κ2) is 8.22. The van der Waals surface area contributed by atoms with E-state index in [1.807, 2.05) is 0 Å². The maximum absolute atomic E-state index is 14.3. The number of amides is 2. The predicted octanol–water partition coefficient (Wildman–Crippen LogP) is 2.32. The van der Waals surface area contributed by atoms with Crippen LogP contribution in [0.2, 0.25) is 0 Å². The van der Waals surface area contributed by atoms with Gasteiger partial charge in [0.05, 0.1) is 24.0 Å². The molecule has 3 aromatic rings. The van der Waals surface area contributed by atoms with Crippen LogP contribution in [0.3, 0.4) is 0 Å². The minimum Gasteiger partial charge on any atom is -0.390 e. The normalized spacial score (nSPS) is 19.1. The molecule has 7 nitrogen and oxygen atoms in total. The van der Waals surface area contributed by atoms with Gasteiger partial charge in [0.2, 0.25) is 0 Å². The second-order valence-corrected chi connectivity index (χ2v) is 7.88. The summed E-state index contributed by atoms with van der Waals surface area (Å²) in [4.78, 5) is 29.3. The number of nitrogens with one attached hydrogen (secondary N) is 2. The van der Waals surface area contributed by atoms with Gasteiger partial charge in [-0.25, -0.2) is 9.37 Å². The number of hydrogen-bond acceptors (Lipinski definition) is 5. The third-order valence-electron chi connectivity index (χ3n) is 4.77. The van der Waals surface area contributed by atoms with Gasteiger partial charge in [0.25, 0.3) is 11.8 Å². The van der Waals surface area contributed by atoms with E-state index < -0.39 is 23.7 Å². The van der Waals surface area contributed by atoms with Gasteiger partial charge < -0.3 is 15.7 Å². The number of rotatable bonds is 4. The molecule has 4 rings (SSSR count). The zero-order chi connectivity index (χ0) is 20.4. The molecule has 1 saturated heterocycles. The Hall–Kier alpha value is -2.91. The largest absolute Gasteiger partial charge is 0.390 e. The lowest BCUT2D eigenvalue weighted by Crippen LogP contribution is -2.46. The van der Waals surface area contributed by atoms with Gasteiger partial charge in [0.15, 0.2) is 0 Å². The number of anilines is 1. The van der Waals surface area contributed by atoms with E-state index in [2.05, 4.69) is 15.6 Å². The van der Waals surface area contributed by atoms with Gasteiger partial charge in [-0.15, -0.1) is 0 Å². The number of aliphatic hydroxyl groups is 1. The van der Waals surface area contributed by atoms with E-state index in [0.29, 0.717) is 17.8 Å². The Bertz CT molecular complexity index is 1070. The number of carbonyl (C=O) groups excluding carboxylic acids is 2. The van der Waals surface area contributed by atoms with E-state index in [9.17, 15) is 19.1 Å². The molecular formula is C20H19FN4O3S. The Kier molecular flexibility index (Phi) is 5.50. The molecule has 0 saturated carbocycles. The van der Waals surface area contributed by atoms with Crippen molar-refractivity contribution in [2.75, 3.05) is 16.8 Å². The Balaban J connectivity index is 1.52. The standard InChI is InChI=1S/C20H19FN4O3S/c21-13-5-4-12(19(27)23-14-6-8-29-11-17(14)26)9-15(13)24-20(28)16-10-22-18-3-1-2-7-25(16)18/h1-5,7,9-10,14,17,26H,6,8,11H2,(H,23,27)(H,24,28)/t14-,17-/m1/s1. The molecule has 3 heterocycles. The number of benzene rings is 1. The number of aliphatic hydroxyl groups excluding tert-OH is 1. The number of pyridine rings is 1. The van der Waals surface area contributed by atoms with Gasteiger partial charge in [-0.1, -0.05) is 6.07 Å². The number of halogens is 1. The summed E-state index contributed by atoms with van der Waals surface area (Å²) in [6.07, 6.45) is 3.14. The quantitative estimate of drug-likeness (QED) is 0.609. The van der Waals surface area contributed by atoms with Gasteiger partial charge in [0.1, 0.15) is 17.2 Å². The summed E-state index contributed by atoms with van der Waals surface area (Å²) in [7, 11) is 0. The summed E-state index contributed by atoms with van der Waals surface area (Å²) in [6.45, 7) is 0. The average molecular weight is 414 g/mol. The number of nitrogens with zero attached hydrogens (tertiary/aromatic N) is 2. The molecule has 0 bridgehead atoms. The second-order valence-electron chi connectivity index (χ2n) is 6.73. The van der Waals surface area contributed by atoms with E-state index in [0.717, 1.165) is 11.8 Å². The minimum atomic E-state index is -0.655. The topological polar surface area (TPSA) is 95.7 Å². The summed E-state index contributed by atoms with van der Waals surface area (Å²) in [5.41, 5.74) is 0.937. The lowest BCUT2D eigenvalue weighted by atomic mass is 10.1. The smallest absolute Gasteiger partial charge is 0.274 e. The fourth-order valence-electron chi connectivity index (χ4n) is 3.19. The Morgan fingerprint density at radius 3 is 2.93 bits per heavy atom. The van der Waals surface area contributed by atoms with Crippen LogP contribution in [0.25, 0.3) is 5.65 Å². The lowest BCUT2D eigenvalue weighted by Gasteiger charge is -2.28. The minimum absolute atomic E-state index is 0.103. The third kappa shape index (κ3) is 4.10. The first-order valence-corrected chi connectivity index (χ1v) is 10.3. The van der Waals surface area contributed by atoms with Crippen molar-refractivity contribution in [3.05, 3.63) is 65.9 Å². The first kappa shape index (κ1) is 19.4. The highest BCUT2D eigenvalue weighted by Crippen LogP contribution is 2.20. The van der Waals surface area contributed by atoms with Crippen LogP contribution in [0.1, 0.15) is 27.3 Å². The molecule has 2 atom stereocenters. The molecule has 3 N–H and O–H groups in total. The molecule has 0 unspecified atom stereocenters. The van der Waals surface area contributed by atoms with Crippen LogP contribution in [0.4, 0.5) is 10.1 Å². The molecule has 0 spiro atoms. The first-order chi connectivity index (χ1) is 14.0. The van der Waals surface area contributed by atoms with E-state index in [1.54, 1.807) is 40.6 Å². The predicted molar refractivity (Wildman–Crippen MR) is 109 cm³/mol. The van der Waals surface area contributed by atoms with Crippen molar-refractivity contribution >= 4 is 34.9 Å². The van der Waals surface area contributed by atoms with Crippen LogP contribution < -0.4 is 10.6 Å². The van der Waals surface area contributed by atoms with Crippen molar-refractivity contribution in [2.24, 2.45) is 0 Å². The summed E-state index contributed by atoms with van der Waals surface area (Å²) in [5.74, 6) is -0.204. The van der Waals surface area contributed by atoms with Gasteiger partial charge >= 0.3 is 0 Å². The van der Waals surface area contributed by atoms with Gasteiger partial charge in [-0.05, 0) is 42.5 Å². The Morgan fingerprint density at radius 1 is 1.24 bits per heavy atom. The fraction of sp³-hybridized carbons (Fsp3) is 0.250. The molecule has 1 aliphatic rings. The molecule has 0 radical (unpaired) electrons. The number of aromatic nitrogens is 2. The zero-order valence-electron chi connectivity index (χ0n) is 15.3. The number of thioether (sulfide) groups is 1. The van der Waals surface area contributed by atoms with Crippen molar-refractivity contribution in [1.29, 1.82) is 0 Å². The van der Waals surface area contributed by atoms with Crippen LogP contribution in [0.15, 0.2) is 48.8 Å². The summed E-state index contributed by atoms with van der Waals surface area (Å²) in [5, 5.41) is 15.3. The molecule has 1 aromatic carbocycles. The SMILES string of the molecule is O=C(N[C@@H]1CCSC[C@H]1O)c1ccc(F)c(NC(=O)c2cnc3ccccn23)c1. The maximum Gasteiger partial charge on any atom is 0.274 e. The Morgan fingerprint density at radius 2 is 2.10 bits per heavy atom. The van der Waals surface area contributed by atoms with Crippen LogP contribution in [0, 0.1) is 5.82 Å². The lowest BCUT2D eigenvalue weighted by molar-refractivity contribution is 0.0855. The van der Waals surface area contributed by atoms with Crippen molar-refractivity contribution in [2.45, 2.75) is 18.6 Å². The molecule has 2 amide bonds. The van der Waals surface area contributed by atoms with E-state index in [-0.39, 0.29) is 23.0 Å². The zero-order valence-corrected chi connectivity index (χ0v) is 16.2. The highest BCUT2D eigenvalue weighted by molar-refractivity contribution is 7.99. The molecule has 9 heteroatoms. The summed E-state index contributed by atoms with van der Waals surface area (Å²) >= 11 is 1.63. The summed E-state index contributed by atoms with van der Waals surface area (Å²) < 4.78 is 15.8. The van der Waals surface area contributed by atoms with E-state index in [1.165, 1.54) is 18.3 Å². The summed E-state index contributed by atoms with van der Waals surface area (Å²) in [6, 6.07) is 8.73. The number of hydrogen-bond donors (Lipinski definition) is 3. The van der Waals surface area contributed by atoms with Gasteiger partial charge in [-0.3, -0.25) is 14.0 Å². The molecule has 150 valence electrons. The number of fused-ring (bicyclic) bond motifs is 1. The first-order valence-electron chi connectivity index (χ1n) is 9.12. The molecule has 1 aliphatic heterocycles. The number of imidazole rings is 1. The highest BCUT2D eigenvalue weighted by Gasteiger charge is 2.25. The van der Waals surface area contributed by atoms with Crippen molar-refractivity contribution in [1.82, 2.24) is 14.7 Å². The molecule has 29 heavy (non-hydrogen) atoms. The van der Waals surface area contributed by atoms with Crippen LogP contribution in [0.5, 0.6) is 0 Å². The maximum atomic E-state index is 14.3. The van der Waals surface area contributed by atoms with Crippen LogP contribution >= 0.6 is 11.8 Å². The molecule has 1 fully saturated rings. The van der Waals surface area contributed by atoms with Gasteiger partial charge in [-0.2, -0.15) is 11.8 Å². The van der Waals surface area contributed by atoms with Crippen LogP contribution in [-0.4, -0.2) is 50.0 Å². The van der Waals surface area contributed by atoms with Crippen molar-refractivity contribution < 1.29 is 19.1 Å².